The highest BCUT2D eigenvalue weighted by molar-refractivity contribution is 7.89. The molecule has 2 N–H and O–H groups in total. The summed E-state index contributed by atoms with van der Waals surface area (Å²) in [4.78, 5) is 6.38. The van der Waals surface area contributed by atoms with Crippen molar-refractivity contribution in [2.45, 2.75) is 62.1 Å². The number of imidazole rings is 1. The van der Waals surface area contributed by atoms with Crippen molar-refractivity contribution in [3.05, 3.63) is 24.4 Å². The third-order valence-electron chi connectivity index (χ3n) is 6.45. The molecule has 4 heterocycles. The van der Waals surface area contributed by atoms with Crippen LogP contribution in [-0.4, -0.2) is 70.5 Å². The number of nitrogens with zero attached hydrogens (tertiary/aromatic N) is 5. The number of sulfonamides is 1. The third-order valence-corrected chi connectivity index (χ3v) is 8.05. The van der Waals surface area contributed by atoms with Crippen LogP contribution in [0.4, 0.5) is 14.5 Å². The average Bonchev–Trinajstić information content (AvgIpc) is 3.21. The third kappa shape index (κ3) is 4.50. The number of rotatable bonds is 8. The molecule has 1 aliphatic heterocycles. The largest absolute Gasteiger partial charge is 0.414 e. The Kier molecular flexibility index (Phi) is 6.02. The number of pyridine rings is 1. The first-order valence-corrected chi connectivity index (χ1v) is 12.8. The lowest BCUT2D eigenvalue weighted by Gasteiger charge is -2.40. The summed E-state index contributed by atoms with van der Waals surface area (Å²) in [6.45, 7) is 4.28. The molecule has 0 amide bonds. The Morgan fingerprint density at radius 3 is 2.74 bits per heavy atom. The first-order chi connectivity index (χ1) is 16.6. The van der Waals surface area contributed by atoms with Crippen molar-refractivity contribution in [3.63, 3.8) is 0 Å². The molecule has 0 radical (unpaired) electrons. The number of hydrogen-bond acceptors (Lipinski definition) is 9. The lowest BCUT2D eigenvalue weighted by molar-refractivity contribution is -0.0134. The molecule has 0 bridgehead atoms. The van der Waals surface area contributed by atoms with Gasteiger partial charge in [-0.3, -0.25) is 4.40 Å². The summed E-state index contributed by atoms with van der Waals surface area (Å²) in [5.41, 5.74) is 0.556. The number of morpholine rings is 1. The SMILES string of the molecule is CC[C@H]1CO[C@@H](CO)CN1c1cc(S(=O)(=O)NC2(C)CC2)cn2c(-c3nnc(C(F)F)o3)cnc12. The molecular weight excluding hydrogens is 486 g/mol. The second-order valence-electron chi connectivity index (χ2n) is 9.16. The number of fused-ring (bicyclic) bond motifs is 1. The van der Waals surface area contributed by atoms with Crippen LogP contribution in [-0.2, 0) is 14.8 Å². The van der Waals surface area contributed by atoms with Crippen LogP contribution in [0.5, 0.6) is 0 Å². The maximum absolute atomic E-state index is 13.3. The number of aromatic nitrogens is 4. The standard InChI is InChI=1S/C21H26F2N6O5S/c1-3-12-11-33-13(10-30)8-28(12)15-6-14(35(31,32)27-21(2)4-5-21)9-29-16(7-24-18(15)29)19-25-26-20(34-19)17(22)23/h6-7,9,12-13,17,27,30H,3-5,8,10-11H2,1-2H3/t12-,13+/m0/s1. The fourth-order valence-corrected chi connectivity index (χ4v) is 5.64. The van der Waals surface area contributed by atoms with E-state index in [1.807, 2.05) is 18.7 Å². The van der Waals surface area contributed by atoms with Gasteiger partial charge in [0.15, 0.2) is 5.65 Å². The molecule has 3 aromatic rings. The van der Waals surface area contributed by atoms with E-state index >= 15 is 0 Å². The maximum atomic E-state index is 13.3. The molecule has 5 rings (SSSR count). The van der Waals surface area contributed by atoms with Gasteiger partial charge in [-0.2, -0.15) is 8.78 Å². The average molecular weight is 513 g/mol. The molecule has 2 fully saturated rings. The van der Waals surface area contributed by atoms with Crippen LogP contribution in [0.3, 0.4) is 0 Å². The minimum absolute atomic E-state index is 0.0251. The zero-order chi connectivity index (χ0) is 25.0. The van der Waals surface area contributed by atoms with Crippen molar-refractivity contribution in [2.24, 2.45) is 0 Å². The number of alkyl halides is 2. The molecule has 11 nitrogen and oxygen atoms in total. The summed E-state index contributed by atoms with van der Waals surface area (Å²) in [6.07, 6.45) is 1.50. The summed E-state index contributed by atoms with van der Waals surface area (Å²) >= 11 is 0. The lowest BCUT2D eigenvalue weighted by atomic mass is 10.1. The summed E-state index contributed by atoms with van der Waals surface area (Å²) in [5.74, 6) is -1.05. The second kappa shape index (κ2) is 8.76. The second-order valence-corrected chi connectivity index (χ2v) is 10.8. The first kappa shape index (κ1) is 24.0. The maximum Gasteiger partial charge on any atom is 0.314 e. The van der Waals surface area contributed by atoms with E-state index in [1.165, 1.54) is 16.8 Å². The van der Waals surface area contributed by atoms with E-state index in [4.69, 9.17) is 9.15 Å². The molecule has 2 atom stereocenters. The highest BCUT2D eigenvalue weighted by Crippen LogP contribution is 2.37. The van der Waals surface area contributed by atoms with Crippen molar-refractivity contribution < 1.29 is 31.5 Å². The van der Waals surface area contributed by atoms with Gasteiger partial charge < -0.3 is 19.2 Å². The van der Waals surface area contributed by atoms with Crippen LogP contribution in [0, 0.1) is 0 Å². The van der Waals surface area contributed by atoms with Crippen molar-refractivity contribution in [3.8, 4) is 11.6 Å². The van der Waals surface area contributed by atoms with Crippen molar-refractivity contribution in [2.75, 3.05) is 24.7 Å². The van der Waals surface area contributed by atoms with E-state index in [0.29, 0.717) is 30.9 Å². The van der Waals surface area contributed by atoms with E-state index in [9.17, 15) is 22.3 Å². The zero-order valence-corrected chi connectivity index (χ0v) is 20.0. The Labute approximate surface area is 200 Å². The van der Waals surface area contributed by atoms with E-state index in [0.717, 1.165) is 12.8 Å². The van der Waals surface area contributed by atoms with Crippen LogP contribution in [0.25, 0.3) is 17.2 Å². The van der Waals surface area contributed by atoms with Gasteiger partial charge in [0.05, 0.1) is 37.2 Å². The fraction of sp³-hybridized carbons (Fsp3) is 0.571. The number of aliphatic hydroxyl groups excluding tert-OH is 1. The number of halogens is 2. The Morgan fingerprint density at radius 1 is 1.34 bits per heavy atom. The summed E-state index contributed by atoms with van der Waals surface area (Å²) < 4.78 is 67.7. The van der Waals surface area contributed by atoms with E-state index < -0.39 is 34.0 Å². The molecule has 1 aliphatic carbocycles. The number of aliphatic hydroxyl groups is 1. The van der Waals surface area contributed by atoms with Crippen LogP contribution in [0.2, 0.25) is 0 Å². The minimum Gasteiger partial charge on any atom is -0.414 e. The molecule has 1 saturated carbocycles. The molecule has 14 heteroatoms. The summed E-state index contributed by atoms with van der Waals surface area (Å²) in [7, 11) is -3.93. The van der Waals surface area contributed by atoms with Gasteiger partial charge in [0, 0.05) is 18.3 Å². The van der Waals surface area contributed by atoms with E-state index in [1.54, 1.807) is 6.07 Å². The number of nitrogens with one attached hydrogen (secondary N) is 1. The Bertz CT molecular complexity index is 1340. The van der Waals surface area contributed by atoms with Gasteiger partial charge in [-0.15, -0.1) is 10.2 Å². The predicted octanol–water partition coefficient (Wildman–Crippen LogP) is 2.13. The molecular formula is C21H26F2N6O5S. The van der Waals surface area contributed by atoms with Gasteiger partial charge in [0.1, 0.15) is 10.6 Å². The van der Waals surface area contributed by atoms with Crippen molar-refractivity contribution in [1.82, 2.24) is 24.3 Å². The van der Waals surface area contributed by atoms with E-state index in [-0.39, 0.29) is 29.1 Å². The first-order valence-electron chi connectivity index (χ1n) is 11.3. The van der Waals surface area contributed by atoms with Crippen LogP contribution < -0.4 is 9.62 Å². The van der Waals surface area contributed by atoms with Crippen LogP contribution in [0.15, 0.2) is 27.8 Å². The smallest absolute Gasteiger partial charge is 0.314 e. The van der Waals surface area contributed by atoms with Gasteiger partial charge in [0.2, 0.25) is 10.0 Å². The topological polar surface area (TPSA) is 135 Å². The highest BCUT2D eigenvalue weighted by atomic mass is 32.2. The van der Waals surface area contributed by atoms with E-state index in [2.05, 4.69) is 19.9 Å². The quantitative estimate of drug-likeness (QED) is 0.465. The predicted molar refractivity (Wildman–Crippen MR) is 120 cm³/mol. The highest BCUT2D eigenvalue weighted by Gasteiger charge is 2.42. The van der Waals surface area contributed by atoms with Gasteiger partial charge in [-0.25, -0.2) is 18.1 Å². The lowest BCUT2D eigenvalue weighted by Crippen LogP contribution is -2.51. The molecule has 0 spiro atoms. The molecule has 2 aliphatic rings. The van der Waals surface area contributed by atoms with Crippen molar-refractivity contribution >= 4 is 21.4 Å². The monoisotopic (exact) mass is 512 g/mol. The van der Waals surface area contributed by atoms with Crippen LogP contribution >= 0.6 is 0 Å². The Morgan fingerprint density at radius 2 is 2.11 bits per heavy atom. The fourth-order valence-electron chi connectivity index (χ4n) is 4.16. The van der Waals surface area contributed by atoms with Gasteiger partial charge in [0.25, 0.3) is 11.8 Å². The summed E-state index contributed by atoms with van der Waals surface area (Å²) in [5, 5.41) is 16.8. The molecule has 3 aromatic heterocycles. The Hall–Kier alpha value is -2.68. The molecule has 0 aromatic carbocycles. The molecule has 35 heavy (non-hydrogen) atoms. The Balaban J connectivity index is 1.68. The number of anilines is 1. The van der Waals surface area contributed by atoms with Gasteiger partial charge in [-0.05, 0) is 32.3 Å². The molecule has 1 saturated heterocycles. The van der Waals surface area contributed by atoms with Gasteiger partial charge in [-0.1, -0.05) is 6.92 Å². The zero-order valence-electron chi connectivity index (χ0n) is 19.2. The summed E-state index contributed by atoms with van der Waals surface area (Å²) in [6, 6.07) is 1.45. The molecule has 190 valence electrons. The van der Waals surface area contributed by atoms with Gasteiger partial charge >= 0.3 is 6.43 Å². The minimum atomic E-state index is -3.93. The van der Waals surface area contributed by atoms with Crippen LogP contribution in [0.1, 0.15) is 45.4 Å². The number of hydrogen-bond donors (Lipinski definition) is 2. The normalized spacial score (nSPS) is 22.3. The number of ether oxygens (including phenoxy) is 1. The molecule has 0 unspecified atom stereocenters. The van der Waals surface area contributed by atoms with Crippen molar-refractivity contribution in [1.29, 1.82) is 0 Å².